The van der Waals surface area contributed by atoms with E-state index in [1.54, 1.807) is 5.84 Å². The van der Waals surface area contributed by atoms with Gasteiger partial charge in [0.25, 0.3) is 0 Å². The highest BCUT2D eigenvalue weighted by Gasteiger charge is 2.31. The van der Waals surface area contributed by atoms with Crippen molar-refractivity contribution in [3.05, 3.63) is 0 Å². The van der Waals surface area contributed by atoms with Crippen molar-refractivity contribution in [3.8, 4) is 0 Å². The van der Waals surface area contributed by atoms with Crippen molar-refractivity contribution in [1.82, 2.24) is 4.90 Å². The molecular formula is C16H31N2+. The van der Waals surface area contributed by atoms with Crippen LogP contribution in [-0.4, -0.2) is 41.5 Å². The Bertz CT molecular complexity index is 270. The van der Waals surface area contributed by atoms with E-state index in [2.05, 4.69) is 16.4 Å². The lowest BCUT2D eigenvalue weighted by molar-refractivity contribution is -0.523. The van der Waals surface area contributed by atoms with Crippen LogP contribution in [-0.2, 0) is 0 Å². The fourth-order valence-electron chi connectivity index (χ4n) is 3.34. The maximum atomic E-state index is 2.67. The summed E-state index contributed by atoms with van der Waals surface area (Å²) in [5, 5.41) is 0. The minimum Gasteiger partial charge on any atom is -0.262 e. The molecule has 0 atom stereocenters. The third kappa shape index (κ3) is 4.00. The number of hydrogen-bond donors (Lipinski definition) is 0. The Kier molecular flexibility index (Phi) is 6.02. The van der Waals surface area contributed by atoms with Gasteiger partial charge >= 0.3 is 0 Å². The van der Waals surface area contributed by atoms with Gasteiger partial charge in [-0.1, -0.05) is 39.0 Å². The van der Waals surface area contributed by atoms with E-state index in [-0.39, 0.29) is 0 Å². The molecular weight excluding hydrogens is 220 g/mol. The lowest BCUT2D eigenvalue weighted by Gasteiger charge is -2.16. The smallest absolute Gasteiger partial charge is 0.247 e. The van der Waals surface area contributed by atoms with Crippen molar-refractivity contribution in [1.29, 1.82) is 0 Å². The minimum absolute atomic E-state index is 1.30. The van der Waals surface area contributed by atoms with E-state index in [0.717, 1.165) is 0 Å². The van der Waals surface area contributed by atoms with E-state index in [0.29, 0.717) is 0 Å². The summed E-state index contributed by atoms with van der Waals surface area (Å²) < 4.78 is 2.63. The van der Waals surface area contributed by atoms with Crippen molar-refractivity contribution in [2.45, 2.75) is 71.1 Å². The van der Waals surface area contributed by atoms with Gasteiger partial charge in [-0.05, 0) is 25.7 Å². The number of amidine groups is 1. The summed E-state index contributed by atoms with van der Waals surface area (Å²) in [5.41, 5.74) is 0. The average Bonchev–Trinajstić information content (AvgIpc) is 2.81. The molecule has 0 aromatic carbocycles. The molecule has 2 nitrogen and oxygen atoms in total. The van der Waals surface area contributed by atoms with Gasteiger partial charge in [0, 0.05) is 6.42 Å². The summed E-state index contributed by atoms with van der Waals surface area (Å²) in [6.07, 6.45) is 14.2. The lowest BCUT2D eigenvalue weighted by atomic mass is 10.1. The number of nitrogens with zero attached hydrogens (tertiary/aromatic N) is 2. The van der Waals surface area contributed by atoms with Crippen LogP contribution in [0.4, 0.5) is 0 Å². The summed E-state index contributed by atoms with van der Waals surface area (Å²) in [4.78, 5) is 2.67. The molecule has 0 fully saturated rings. The average molecular weight is 251 g/mol. The highest BCUT2D eigenvalue weighted by molar-refractivity contribution is 5.78. The van der Waals surface area contributed by atoms with E-state index in [9.17, 15) is 0 Å². The Morgan fingerprint density at radius 1 is 0.944 bits per heavy atom. The molecule has 0 bridgehead atoms. The van der Waals surface area contributed by atoms with E-state index < -0.39 is 0 Å². The molecule has 0 N–H and O–H groups in total. The molecule has 0 aliphatic carbocycles. The van der Waals surface area contributed by atoms with Gasteiger partial charge in [-0.3, -0.25) is 9.48 Å². The largest absolute Gasteiger partial charge is 0.262 e. The highest BCUT2D eigenvalue weighted by atomic mass is 15.3. The Labute approximate surface area is 113 Å². The molecule has 2 rings (SSSR count). The first-order chi connectivity index (χ1) is 8.92. The zero-order valence-electron chi connectivity index (χ0n) is 12.3. The maximum Gasteiger partial charge on any atom is 0.247 e. The fourth-order valence-corrected chi connectivity index (χ4v) is 3.34. The third-order valence-electron chi connectivity index (χ3n) is 4.48. The number of rotatable bonds is 8. The molecule has 0 amide bonds. The standard InChI is InChI=1S/C16H31N2/c1-2-3-4-5-6-7-9-12-17-14-15-18-13-10-8-11-16(17)18/h2-15H2,1H3/q+1. The van der Waals surface area contributed by atoms with Crippen LogP contribution in [0.3, 0.4) is 0 Å². The highest BCUT2D eigenvalue weighted by Crippen LogP contribution is 2.16. The predicted molar refractivity (Wildman–Crippen MR) is 78.4 cm³/mol. The molecule has 0 radical (unpaired) electrons. The van der Waals surface area contributed by atoms with Crippen molar-refractivity contribution < 1.29 is 4.58 Å². The minimum atomic E-state index is 1.30. The van der Waals surface area contributed by atoms with Gasteiger partial charge in [-0.15, -0.1) is 0 Å². The molecule has 2 heteroatoms. The predicted octanol–water partition coefficient (Wildman–Crippen LogP) is 3.65. The molecule has 0 unspecified atom stereocenters. The van der Waals surface area contributed by atoms with E-state index in [1.807, 2.05) is 0 Å². The van der Waals surface area contributed by atoms with Crippen LogP contribution in [0, 0.1) is 0 Å². The second kappa shape index (κ2) is 7.81. The van der Waals surface area contributed by atoms with Crippen molar-refractivity contribution >= 4 is 5.84 Å². The molecule has 2 aliphatic rings. The van der Waals surface area contributed by atoms with Gasteiger partial charge in [-0.25, -0.2) is 0 Å². The van der Waals surface area contributed by atoms with Crippen LogP contribution in [0.15, 0.2) is 0 Å². The number of hydrogen-bond acceptors (Lipinski definition) is 1. The summed E-state index contributed by atoms with van der Waals surface area (Å²) >= 11 is 0. The molecule has 18 heavy (non-hydrogen) atoms. The summed E-state index contributed by atoms with van der Waals surface area (Å²) in [7, 11) is 0. The maximum absolute atomic E-state index is 2.67. The Balaban J connectivity index is 1.56. The second-order valence-corrected chi connectivity index (χ2v) is 5.97. The van der Waals surface area contributed by atoms with Crippen molar-refractivity contribution in [2.75, 3.05) is 26.2 Å². The first kappa shape index (κ1) is 13.9. The van der Waals surface area contributed by atoms with E-state index >= 15 is 0 Å². The lowest BCUT2D eigenvalue weighted by Crippen LogP contribution is -2.32. The van der Waals surface area contributed by atoms with Crippen LogP contribution in [0.2, 0.25) is 0 Å². The molecule has 2 heterocycles. The molecule has 0 aromatic heterocycles. The molecule has 0 aromatic rings. The Morgan fingerprint density at radius 2 is 1.72 bits per heavy atom. The Morgan fingerprint density at radius 3 is 2.56 bits per heavy atom. The van der Waals surface area contributed by atoms with Gasteiger partial charge < -0.3 is 0 Å². The zero-order valence-corrected chi connectivity index (χ0v) is 12.3. The monoisotopic (exact) mass is 251 g/mol. The summed E-state index contributed by atoms with van der Waals surface area (Å²) in [6.45, 7) is 7.53. The quantitative estimate of drug-likeness (QED) is 0.471. The van der Waals surface area contributed by atoms with Gasteiger partial charge in [0.15, 0.2) is 0 Å². The van der Waals surface area contributed by atoms with Crippen LogP contribution in [0.5, 0.6) is 0 Å². The van der Waals surface area contributed by atoms with Crippen LogP contribution < -0.4 is 0 Å². The Hall–Kier alpha value is -0.530. The molecule has 0 spiro atoms. The molecule has 2 aliphatic heterocycles. The van der Waals surface area contributed by atoms with Crippen LogP contribution in [0.1, 0.15) is 71.1 Å². The van der Waals surface area contributed by atoms with Gasteiger partial charge in [0.2, 0.25) is 5.84 Å². The molecule has 0 saturated heterocycles. The molecule has 104 valence electrons. The third-order valence-corrected chi connectivity index (χ3v) is 4.48. The zero-order chi connectivity index (χ0) is 12.6. The van der Waals surface area contributed by atoms with Crippen LogP contribution >= 0.6 is 0 Å². The summed E-state index contributed by atoms with van der Waals surface area (Å²) in [6, 6.07) is 0. The number of unbranched alkanes of at least 4 members (excludes halogenated alkanes) is 6. The SMILES string of the molecule is CCCCCCCCCN1CC[N+]2=C1CCCC2. The fraction of sp³-hybridized carbons (Fsp3) is 0.938. The first-order valence-electron chi connectivity index (χ1n) is 8.27. The topological polar surface area (TPSA) is 6.25 Å². The molecule has 0 saturated carbocycles. The summed E-state index contributed by atoms with van der Waals surface area (Å²) in [5.74, 6) is 1.67. The van der Waals surface area contributed by atoms with Crippen molar-refractivity contribution in [3.63, 3.8) is 0 Å². The van der Waals surface area contributed by atoms with E-state index in [1.165, 1.54) is 90.4 Å². The van der Waals surface area contributed by atoms with Crippen molar-refractivity contribution in [2.24, 2.45) is 0 Å². The van der Waals surface area contributed by atoms with E-state index in [4.69, 9.17) is 0 Å². The second-order valence-electron chi connectivity index (χ2n) is 5.97. The van der Waals surface area contributed by atoms with Gasteiger partial charge in [-0.2, -0.15) is 0 Å². The van der Waals surface area contributed by atoms with Gasteiger partial charge in [0.05, 0.1) is 13.1 Å². The van der Waals surface area contributed by atoms with Crippen LogP contribution in [0.25, 0.3) is 0 Å². The van der Waals surface area contributed by atoms with Gasteiger partial charge in [0.1, 0.15) is 13.1 Å². The first-order valence-corrected chi connectivity index (χ1v) is 8.27. The normalized spacial score (nSPS) is 19.5.